The van der Waals surface area contributed by atoms with Gasteiger partial charge in [-0.25, -0.2) is 0 Å². The third-order valence-corrected chi connectivity index (χ3v) is 4.83. The van der Waals surface area contributed by atoms with Crippen molar-refractivity contribution < 1.29 is 19.7 Å². The number of para-hydroxylation sites is 1. The monoisotopic (exact) mass is 355 g/mol. The second-order valence-electron chi connectivity index (χ2n) is 7.05. The van der Waals surface area contributed by atoms with Gasteiger partial charge in [-0.1, -0.05) is 38.1 Å². The van der Waals surface area contributed by atoms with Crippen LogP contribution in [0.1, 0.15) is 48.5 Å². The number of hydrogen-bond acceptors (Lipinski definition) is 4. The molecule has 26 heavy (non-hydrogen) atoms. The van der Waals surface area contributed by atoms with Crippen molar-refractivity contribution in [1.82, 2.24) is 5.32 Å². The van der Waals surface area contributed by atoms with Gasteiger partial charge in [-0.2, -0.15) is 0 Å². The van der Waals surface area contributed by atoms with E-state index in [0.717, 1.165) is 5.56 Å². The maximum absolute atomic E-state index is 12.6. The van der Waals surface area contributed by atoms with E-state index in [0.29, 0.717) is 18.6 Å². The second kappa shape index (κ2) is 7.79. The normalized spacial score (nSPS) is 22.4. The SMILES string of the molecule is CC(C)c1ccc(O)c(C(=O)N[C@@H]2CC[C@@H](Oc3ccccc3)[C@@H]2O)c1. The molecule has 0 radical (unpaired) electrons. The summed E-state index contributed by atoms with van der Waals surface area (Å²) in [4.78, 5) is 12.6. The first-order valence-electron chi connectivity index (χ1n) is 8.99. The van der Waals surface area contributed by atoms with Crippen LogP contribution in [0, 0.1) is 0 Å². The molecule has 2 aromatic carbocycles. The minimum atomic E-state index is -0.797. The van der Waals surface area contributed by atoms with Crippen molar-refractivity contribution in [2.24, 2.45) is 0 Å². The summed E-state index contributed by atoms with van der Waals surface area (Å²) in [5, 5.41) is 23.4. The number of rotatable bonds is 5. The molecule has 0 spiro atoms. The number of benzene rings is 2. The summed E-state index contributed by atoms with van der Waals surface area (Å²) in [6, 6.07) is 14.0. The Bertz CT molecular complexity index is 760. The van der Waals surface area contributed by atoms with E-state index in [9.17, 15) is 15.0 Å². The van der Waals surface area contributed by atoms with E-state index in [1.54, 1.807) is 6.07 Å². The summed E-state index contributed by atoms with van der Waals surface area (Å²) in [7, 11) is 0. The third kappa shape index (κ3) is 3.99. The lowest BCUT2D eigenvalue weighted by Gasteiger charge is -2.22. The van der Waals surface area contributed by atoms with E-state index in [4.69, 9.17) is 4.74 Å². The standard InChI is InChI=1S/C21H25NO4/c1-13(2)14-8-10-18(23)16(12-14)21(25)22-17-9-11-19(20(17)24)26-15-6-4-3-5-7-15/h3-8,10,12-13,17,19-20,23-24H,9,11H2,1-2H3,(H,22,25)/t17-,19-,20-/m1/s1. The number of carbonyl (C=O) groups is 1. The zero-order valence-corrected chi connectivity index (χ0v) is 15.1. The molecule has 0 heterocycles. The molecule has 1 aliphatic carbocycles. The number of phenols is 1. The fourth-order valence-corrected chi connectivity index (χ4v) is 3.25. The van der Waals surface area contributed by atoms with Gasteiger partial charge >= 0.3 is 0 Å². The lowest BCUT2D eigenvalue weighted by molar-refractivity contribution is 0.0434. The molecule has 0 aromatic heterocycles. The van der Waals surface area contributed by atoms with Crippen LogP contribution in [0.25, 0.3) is 0 Å². The topological polar surface area (TPSA) is 78.8 Å². The second-order valence-corrected chi connectivity index (χ2v) is 7.05. The Balaban J connectivity index is 1.66. The van der Waals surface area contributed by atoms with Crippen molar-refractivity contribution in [3.05, 3.63) is 59.7 Å². The first kappa shape index (κ1) is 18.3. The predicted molar refractivity (Wildman–Crippen MR) is 99.5 cm³/mol. The lowest BCUT2D eigenvalue weighted by Crippen LogP contribution is -2.44. The van der Waals surface area contributed by atoms with E-state index in [2.05, 4.69) is 5.32 Å². The Hall–Kier alpha value is -2.53. The molecule has 5 nitrogen and oxygen atoms in total. The highest BCUT2D eigenvalue weighted by Crippen LogP contribution is 2.27. The van der Waals surface area contributed by atoms with Crippen LogP contribution in [0.4, 0.5) is 0 Å². The molecule has 0 saturated heterocycles. The Morgan fingerprint density at radius 1 is 1.15 bits per heavy atom. The molecule has 3 N–H and O–H groups in total. The van der Waals surface area contributed by atoms with Crippen LogP contribution in [-0.4, -0.2) is 34.4 Å². The summed E-state index contributed by atoms with van der Waals surface area (Å²) in [5.41, 5.74) is 1.21. The smallest absolute Gasteiger partial charge is 0.255 e. The highest BCUT2D eigenvalue weighted by Gasteiger charge is 2.37. The van der Waals surface area contributed by atoms with Gasteiger partial charge in [0.05, 0.1) is 11.6 Å². The van der Waals surface area contributed by atoms with E-state index in [1.807, 2.05) is 50.2 Å². The number of carbonyl (C=O) groups excluding carboxylic acids is 1. The van der Waals surface area contributed by atoms with E-state index >= 15 is 0 Å². The fraction of sp³-hybridized carbons (Fsp3) is 0.381. The lowest BCUT2D eigenvalue weighted by atomic mass is 9.99. The highest BCUT2D eigenvalue weighted by molar-refractivity contribution is 5.97. The summed E-state index contributed by atoms with van der Waals surface area (Å²) in [5.74, 6) is 0.513. The summed E-state index contributed by atoms with van der Waals surface area (Å²) < 4.78 is 5.83. The number of aliphatic hydroxyl groups excluding tert-OH is 1. The zero-order valence-electron chi connectivity index (χ0n) is 15.1. The predicted octanol–water partition coefficient (Wildman–Crippen LogP) is 3.22. The Labute approximate surface area is 153 Å². The minimum absolute atomic E-state index is 0.0588. The van der Waals surface area contributed by atoms with Crippen LogP contribution >= 0.6 is 0 Å². The number of nitrogens with one attached hydrogen (secondary N) is 1. The van der Waals surface area contributed by atoms with Gasteiger partial charge in [0.25, 0.3) is 5.91 Å². The Morgan fingerprint density at radius 2 is 1.88 bits per heavy atom. The molecular weight excluding hydrogens is 330 g/mol. The minimum Gasteiger partial charge on any atom is -0.507 e. The Kier molecular flexibility index (Phi) is 5.47. The number of phenolic OH excluding ortho intramolecular Hbond substituents is 1. The van der Waals surface area contributed by atoms with Gasteiger partial charge in [-0.3, -0.25) is 4.79 Å². The van der Waals surface area contributed by atoms with Gasteiger partial charge in [-0.05, 0) is 48.6 Å². The molecule has 1 fully saturated rings. The number of hydrogen-bond donors (Lipinski definition) is 3. The fourth-order valence-electron chi connectivity index (χ4n) is 3.25. The molecular formula is C21H25NO4. The summed E-state index contributed by atoms with van der Waals surface area (Å²) >= 11 is 0. The van der Waals surface area contributed by atoms with Gasteiger partial charge < -0.3 is 20.3 Å². The van der Waals surface area contributed by atoms with Crippen molar-refractivity contribution in [2.45, 2.75) is 50.9 Å². The average Bonchev–Trinajstić information content (AvgIpc) is 2.96. The van der Waals surface area contributed by atoms with Gasteiger partial charge in [0.2, 0.25) is 0 Å². The van der Waals surface area contributed by atoms with Gasteiger partial charge in [0.15, 0.2) is 0 Å². The largest absolute Gasteiger partial charge is 0.507 e. The highest BCUT2D eigenvalue weighted by atomic mass is 16.5. The van der Waals surface area contributed by atoms with Gasteiger partial charge in [-0.15, -0.1) is 0 Å². The van der Waals surface area contributed by atoms with Crippen molar-refractivity contribution in [1.29, 1.82) is 0 Å². The van der Waals surface area contributed by atoms with Crippen LogP contribution in [0.15, 0.2) is 48.5 Å². The molecule has 0 unspecified atom stereocenters. The first-order valence-corrected chi connectivity index (χ1v) is 8.99. The molecule has 3 rings (SSSR count). The average molecular weight is 355 g/mol. The van der Waals surface area contributed by atoms with Gasteiger partial charge in [0.1, 0.15) is 23.7 Å². The van der Waals surface area contributed by atoms with E-state index in [1.165, 1.54) is 6.07 Å². The molecule has 5 heteroatoms. The molecule has 2 aromatic rings. The summed E-state index contributed by atoms with van der Waals surface area (Å²) in [6.07, 6.45) is 0.113. The van der Waals surface area contributed by atoms with Crippen LogP contribution < -0.4 is 10.1 Å². The maximum atomic E-state index is 12.6. The van der Waals surface area contributed by atoms with E-state index < -0.39 is 12.1 Å². The first-order chi connectivity index (χ1) is 12.5. The van der Waals surface area contributed by atoms with Crippen molar-refractivity contribution in [3.63, 3.8) is 0 Å². The molecule has 1 saturated carbocycles. The van der Waals surface area contributed by atoms with Crippen molar-refractivity contribution in [3.8, 4) is 11.5 Å². The number of amides is 1. The van der Waals surface area contributed by atoms with Crippen molar-refractivity contribution >= 4 is 5.91 Å². The van der Waals surface area contributed by atoms with Crippen LogP contribution in [0.3, 0.4) is 0 Å². The number of aliphatic hydroxyl groups is 1. The summed E-state index contributed by atoms with van der Waals surface area (Å²) in [6.45, 7) is 4.06. The van der Waals surface area contributed by atoms with Crippen LogP contribution in [-0.2, 0) is 0 Å². The van der Waals surface area contributed by atoms with Crippen LogP contribution in [0.5, 0.6) is 11.5 Å². The maximum Gasteiger partial charge on any atom is 0.255 e. The Morgan fingerprint density at radius 3 is 2.58 bits per heavy atom. The molecule has 138 valence electrons. The van der Waals surface area contributed by atoms with Crippen molar-refractivity contribution in [2.75, 3.05) is 0 Å². The molecule has 0 aliphatic heterocycles. The number of ether oxygens (including phenoxy) is 1. The quantitative estimate of drug-likeness (QED) is 0.769. The third-order valence-electron chi connectivity index (χ3n) is 4.83. The zero-order chi connectivity index (χ0) is 18.7. The molecule has 3 atom stereocenters. The number of aromatic hydroxyl groups is 1. The molecule has 0 bridgehead atoms. The van der Waals surface area contributed by atoms with Gasteiger partial charge in [0, 0.05) is 0 Å². The molecule has 1 aliphatic rings. The van der Waals surface area contributed by atoms with E-state index in [-0.39, 0.29) is 29.2 Å². The van der Waals surface area contributed by atoms with Crippen LogP contribution in [0.2, 0.25) is 0 Å². The molecule has 1 amide bonds.